The number of carbonyl (C=O) groups excluding carboxylic acids is 1. The fourth-order valence-electron chi connectivity index (χ4n) is 2.04. The summed E-state index contributed by atoms with van der Waals surface area (Å²) in [5, 5.41) is 9.35. The first kappa shape index (κ1) is 16.2. The summed E-state index contributed by atoms with van der Waals surface area (Å²) >= 11 is 0. The zero-order valence-electron chi connectivity index (χ0n) is 12.4. The number of methoxy groups -OCH3 is 1. The number of amides is 1. The first-order chi connectivity index (χ1) is 9.65. The van der Waals surface area contributed by atoms with E-state index in [9.17, 15) is 10.1 Å². The van der Waals surface area contributed by atoms with Gasteiger partial charge in [-0.25, -0.2) is 0 Å². The van der Waals surface area contributed by atoms with Crippen LogP contribution in [0.15, 0.2) is 30.3 Å². The fourth-order valence-corrected chi connectivity index (χ4v) is 2.04. The minimum atomic E-state index is -0.748. The number of rotatable bonds is 7. The molecule has 1 amide bonds. The van der Waals surface area contributed by atoms with Gasteiger partial charge in [0.05, 0.1) is 12.7 Å². The number of hydrogen-bond acceptors (Lipinski definition) is 3. The van der Waals surface area contributed by atoms with Crippen LogP contribution in [0.25, 0.3) is 0 Å². The molecule has 0 fully saturated rings. The average Bonchev–Trinajstić information content (AvgIpc) is 2.49. The van der Waals surface area contributed by atoms with Gasteiger partial charge < -0.3 is 9.64 Å². The van der Waals surface area contributed by atoms with Gasteiger partial charge in [-0.1, -0.05) is 37.3 Å². The summed E-state index contributed by atoms with van der Waals surface area (Å²) in [7, 11) is 1.61. The van der Waals surface area contributed by atoms with E-state index in [-0.39, 0.29) is 11.9 Å². The van der Waals surface area contributed by atoms with Crippen LogP contribution in [0.2, 0.25) is 0 Å². The predicted molar refractivity (Wildman–Crippen MR) is 78.1 cm³/mol. The number of carbonyl (C=O) groups is 1. The van der Waals surface area contributed by atoms with Crippen LogP contribution in [0.5, 0.6) is 0 Å². The number of benzene rings is 1. The van der Waals surface area contributed by atoms with Crippen LogP contribution in [0.3, 0.4) is 0 Å². The summed E-state index contributed by atoms with van der Waals surface area (Å²) in [6, 6.07) is 11.4. The molecule has 0 bridgehead atoms. The molecule has 20 heavy (non-hydrogen) atoms. The minimum absolute atomic E-state index is 0.0946. The molecule has 4 nitrogen and oxygen atoms in total. The Balaban J connectivity index is 2.94. The highest BCUT2D eigenvalue weighted by atomic mass is 16.5. The molecule has 0 saturated heterocycles. The highest BCUT2D eigenvalue weighted by Crippen LogP contribution is 2.19. The van der Waals surface area contributed by atoms with Crippen molar-refractivity contribution in [2.75, 3.05) is 20.3 Å². The number of nitriles is 1. The molecule has 0 aliphatic heterocycles. The number of nitrogens with zero attached hydrogens (tertiary/aromatic N) is 2. The van der Waals surface area contributed by atoms with Gasteiger partial charge in [0.15, 0.2) is 0 Å². The molecule has 1 aromatic carbocycles. The van der Waals surface area contributed by atoms with Crippen LogP contribution in [0.4, 0.5) is 0 Å². The van der Waals surface area contributed by atoms with Crippen molar-refractivity contribution < 1.29 is 9.53 Å². The zero-order chi connectivity index (χ0) is 15.0. The average molecular weight is 274 g/mol. The Morgan fingerprint density at radius 3 is 2.55 bits per heavy atom. The summed E-state index contributed by atoms with van der Waals surface area (Å²) in [5.41, 5.74) is 0.741. The Labute approximate surface area is 121 Å². The van der Waals surface area contributed by atoms with E-state index in [1.807, 2.05) is 44.2 Å². The normalized spacial score (nSPS) is 13.3. The molecule has 108 valence electrons. The standard InChI is InChI=1S/C16H22N2O2/c1-4-13(2)18(10-11-20-3)16(19)15(12-17)14-8-6-5-7-9-14/h5-9,13,15H,4,10-11H2,1-3H3. The Bertz CT molecular complexity index is 453. The maximum absolute atomic E-state index is 12.6. The first-order valence-electron chi connectivity index (χ1n) is 6.89. The quantitative estimate of drug-likeness (QED) is 0.768. The third kappa shape index (κ3) is 4.07. The van der Waals surface area contributed by atoms with Crippen molar-refractivity contribution in [3.05, 3.63) is 35.9 Å². The highest BCUT2D eigenvalue weighted by Gasteiger charge is 2.28. The third-order valence-corrected chi connectivity index (χ3v) is 3.45. The Hall–Kier alpha value is -1.86. The zero-order valence-corrected chi connectivity index (χ0v) is 12.4. The second-order valence-electron chi connectivity index (χ2n) is 4.75. The molecule has 0 N–H and O–H groups in total. The molecule has 0 spiro atoms. The van der Waals surface area contributed by atoms with E-state index < -0.39 is 5.92 Å². The lowest BCUT2D eigenvalue weighted by atomic mass is 9.98. The van der Waals surface area contributed by atoms with E-state index in [0.717, 1.165) is 12.0 Å². The van der Waals surface area contributed by atoms with Gasteiger partial charge in [0.2, 0.25) is 5.91 Å². The lowest BCUT2D eigenvalue weighted by molar-refractivity contribution is -0.134. The molecule has 2 atom stereocenters. The van der Waals surface area contributed by atoms with Crippen LogP contribution >= 0.6 is 0 Å². The van der Waals surface area contributed by atoms with Crippen LogP contribution < -0.4 is 0 Å². The van der Waals surface area contributed by atoms with Crippen LogP contribution in [0.1, 0.15) is 31.7 Å². The summed E-state index contributed by atoms with van der Waals surface area (Å²) in [6.07, 6.45) is 0.850. The second-order valence-corrected chi connectivity index (χ2v) is 4.75. The van der Waals surface area contributed by atoms with Gasteiger partial charge in [-0.3, -0.25) is 4.79 Å². The summed E-state index contributed by atoms with van der Waals surface area (Å²) in [5.74, 6) is -0.896. The lowest BCUT2D eigenvalue weighted by Crippen LogP contribution is -2.42. The van der Waals surface area contributed by atoms with Gasteiger partial charge in [-0.05, 0) is 18.9 Å². The van der Waals surface area contributed by atoms with Crippen molar-refractivity contribution in [1.29, 1.82) is 5.26 Å². The van der Waals surface area contributed by atoms with Gasteiger partial charge in [-0.2, -0.15) is 5.26 Å². The molecular weight excluding hydrogens is 252 g/mol. The molecular formula is C16H22N2O2. The summed E-state index contributed by atoms with van der Waals surface area (Å²) in [6.45, 7) is 5.01. The van der Waals surface area contributed by atoms with Crippen LogP contribution in [-0.4, -0.2) is 37.1 Å². The van der Waals surface area contributed by atoms with Gasteiger partial charge in [0.25, 0.3) is 0 Å². The van der Waals surface area contributed by atoms with Crippen molar-refractivity contribution in [2.24, 2.45) is 0 Å². The Morgan fingerprint density at radius 2 is 2.05 bits per heavy atom. The largest absolute Gasteiger partial charge is 0.383 e. The monoisotopic (exact) mass is 274 g/mol. The van der Waals surface area contributed by atoms with E-state index in [0.29, 0.717) is 13.2 Å². The molecule has 0 heterocycles. The van der Waals surface area contributed by atoms with Crippen molar-refractivity contribution in [1.82, 2.24) is 4.90 Å². The fraction of sp³-hybridized carbons (Fsp3) is 0.500. The third-order valence-electron chi connectivity index (χ3n) is 3.45. The maximum atomic E-state index is 12.6. The number of hydrogen-bond donors (Lipinski definition) is 0. The Morgan fingerprint density at radius 1 is 1.40 bits per heavy atom. The molecule has 1 aromatic rings. The molecule has 1 rings (SSSR count). The van der Waals surface area contributed by atoms with Crippen LogP contribution in [0, 0.1) is 11.3 Å². The maximum Gasteiger partial charge on any atom is 0.244 e. The van der Waals surface area contributed by atoms with Crippen molar-refractivity contribution in [2.45, 2.75) is 32.2 Å². The van der Waals surface area contributed by atoms with Crippen molar-refractivity contribution in [3.63, 3.8) is 0 Å². The molecule has 0 saturated carbocycles. The van der Waals surface area contributed by atoms with E-state index in [2.05, 4.69) is 6.07 Å². The topological polar surface area (TPSA) is 53.3 Å². The van der Waals surface area contributed by atoms with Crippen molar-refractivity contribution >= 4 is 5.91 Å². The molecule has 0 aliphatic carbocycles. The molecule has 0 aliphatic rings. The van der Waals surface area contributed by atoms with Crippen LogP contribution in [-0.2, 0) is 9.53 Å². The highest BCUT2D eigenvalue weighted by molar-refractivity contribution is 5.86. The van der Waals surface area contributed by atoms with Gasteiger partial charge >= 0.3 is 0 Å². The molecule has 0 radical (unpaired) electrons. The van der Waals surface area contributed by atoms with E-state index >= 15 is 0 Å². The molecule has 0 aromatic heterocycles. The summed E-state index contributed by atoms with van der Waals surface area (Å²) < 4.78 is 5.06. The molecule has 2 unspecified atom stereocenters. The minimum Gasteiger partial charge on any atom is -0.383 e. The Kier molecular flexibility index (Phi) is 6.75. The predicted octanol–water partition coefficient (Wildman–Crippen LogP) is 2.57. The van der Waals surface area contributed by atoms with Gasteiger partial charge in [-0.15, -0.1) is 0 Å². The molecule has 4 heteroatoms. The van der Waals surface area contributed by atoms with Crippen molar-refractivity contribution in [3.8, 4) is 6.07 Å². The van der Waals surface area contributed by atoms with E-state index in [1.54, 1.807) is 12.0 Å². The summed E-state index contributed by atoms with van der Waals surface area (Å²) in [4.78, 5) is 14.4. The van der Waals surface area contributed by atoms with E-state index in [1.165, 1.54) is 0 Å². The SMILES string of the molecule is CCC(C)N(CCOC)C(=O)C(C#N)c1ccccc1. The first-order valence-corrected chi connectivity index (χ1v) is 6.89. The smallest absolute Gasteiger partial charge is 0.244 e. The van der Waals surface area contributed by atoms with Gasteiger partial charge in [0, 0.05) is 19.7 Å². The number of ether oxygens (including phenoxy) is 1. The van der Waals surface area contributed by atoms with Gasteiger partial charge in [0.1, 0.15) is 5.92 Å². The lowest BCUT2D eigenvalue weighted by Gasteiger charge is -2.30. The second kappa shape index (κ2) is 8.34. The van der Waals surface area contributed by atoms with E-state index in [4.69, 9.17) is 4.74 Å².